The van der Waals surface area contributed by atoms with Gasteiger partial charge in [0.2, 0.25) is 0 Å². The molecule has 0 unspecified atom stereocenters. The molecule has 0 saturated carbocycles. The first-order valence-electron chi connectivity index (χ1n) is 4.81. The van der Waals surface area contributed by atoms with Gasteiger partial charge in [0, 0.05) is 17.4 Å². The fourth-order valence-electron chi connectivity index (χ4n) is 1.36. The number of nitro benzene ring substituents is 1. The summed E-state index contributed by atoms with van der Waals surface area (Å²) < 4.78 is 0. The van der Waals surface area contributed by atoms with E-state index in [9.17, 15) is 14.9 Å². The van der Waals surface area contributed by atoms with E-state index in [1.807, 2.05) is 0 Å². The highest BCUT2D eigenvalue weighted by Crippen LogP contribution is 2.21. The Bertz CT molecular complexity index is 471. The van der Waals surface area contributed by atoms with Gasteiger partial charge in [-0.1, -0.05) is 24.3 Å². The van der Waals surface area contributed by atoms with E-state index in [0.717, 1.165) is 0 Å². The molecule has 0 aliphatic heterocycles. The lowest BCUT2D eigenvalue weighted by Gasteiger charge is -2.01. The fraction of sp³-hybridized carbons (Fsp3) is 0.182. The van der Waals surface area contributed by atoms with Gasteiger partial charge in [0.05, 0.1) is 11.3 Å². The second kappa shape index (κ2) is 6.05. The van der Waals surface area contributed by atoms with Gasteiger partial charge >= 0.3 is 5.97 Å². The fourth-order valence-corrected chi connectivity index (χ4v) is 1.46. The van der Waals surface area contributed by atoms with Gasteiger partial charge in [-0.2, -0.15) is 12.6 Å². The molecule has 0 aliphatic carbocycles. The Labute approximate surface area is 103 Å². The van der Waals surface area contributed by atoms with Crippen LogP contribution in [0, 0.1) is 10.1 Å². The summed E-state index contributed by atoms with van der Waals surface area (Å²) in [6.45, 7) is 0. The number of carboxylic acid groups (broad SMARTS) is 1. The summed E-state index contributed by atoms with van der Waals surface area (Å²) in [5.41, 5.74) is 0.680. The van der Waals surface area contributed by atoms with Crippen LogP contribution in [-0.4, -0.2) is 21.8 Å². The molecule has 0 bridgehead atoms. The number of thiol groups is 1. The van der Waals surface area contributed by atoms with Gasteiger partial charge < -0.3 is 5.11 Å². The maximum absolute atomic E-state index is 10.8. The maximum Gasteiger partial charge on any atom is 0.308 e. The van der Waals surface area contributed by atoms with Crippen LogP contribution in [0.3, 0.4) is 0 Å². The summed E-state index contributed by atoms with van der Waals surface area (Å²) in [5.74, 6) is -0.559. The largest absolute Gasteiger partial charge is 0.481 e. The molecule has 0 atom stereocenters. The number of hydrogen-bond acceptors (Lipinski definition) is 4. The first kappa shape index (κ1) is 13.2. The van der Waals surface area contributed by atoms with Gasteiger partial charge in [0.1, 0.15) is 0 Å². The maximum atomic E-state index is 10.8. The number of rotatable bonds is 5. The lowest BCUT2D eigenvalue weighted by atomic mass is 10.1. The highest BCUT2D eigenvalue weighted by Gasteiger charge is 2.16. The lowest BCUT2D eigenvalue weighted by molar-refractivity contribution is -0.385. The predicted octanol–water partition coefficient (Wildman–Crippen LogP) is 2.16. The standard InChI is InChI=1S/C11H11NO4S/c13-11(14)7-9-4-3-8(2-1-5-17)6-10(9)12(15)16/h1-4,6,17H,5,7H2,(H,13,14). The summed E-state index contributed by atoms with van der Waals surface area (Å²) in [6.07, 6.45) is 3.09. The molecular formula is C11H11NO4S. The molecule has 1 N–H and O–H groups in total. The monoisotopic (exact) mass is 253 g/mol. The predicted molar refractivity (Wildman–Crippen MR) is 67.3 cm³/mol. The number of aliphatic carboxylic acids is 1. The Morgan fingerprint density at radius 2 is 2.24 bits per heavy atom. The number of nitro groups is 1. The van der Waals surface area contributed by atoms with E-state index in [-0.39, 0.29) is 17.7 Å². The zero-order chi connectivity index (χ0) is 12.8. The Kier molecular flexibility index (Phi) is 4.71. The van der Waals surface area contributed by atoms with Gasteiger partial charge in [-0.25, -0.2) is 0 Å². The van der Waals surface area contributed by atoms with Crippen LogP contribution in [0.5, 0.6) is 0 Å². The van der Waals surface area contributed by atoms with E-state index >= 15 is 0 Å². The second-order valence-electron chi connectivity index (χ2n) is 3.30. The van der Waals surface area contributed by atoms with Crippen molar-refractivity contribution in [1.82, 2.24) is 0 Å². The molecule has 6 heteroatoms. The zero-order valence-electron chi connectivity index (χ0n) is 8.87. The van der Waals surface area contributed by atoms with Crippen LogP contribution in [0.4, 0.5) is 5.69 Å². The summed E-state index contributed by atoms with van der Waals surface area (Å²) in [7, 11) is 0. The van der Waals surface area contributed by atoms with Crippen LogP contribution < -0.4 is 0 Å². The lowest BCUT2D eigenvalue weighted by Crippen LogP contribution is -2.03. The van der Waals surface area contributed by atoms with E-state index in [2.05, 4.69) is 12.6 Å². The highest BCUT2D eigenvalue weighted by molar-refractivity contribution is 7.80. The van der Waals surface area contributed by atoms with Crippen molar-refractivity contribution in [2.75, 3.05) is 5.75 Å². The quantitative estimate of drug-likeness (QED) is 0.478. The van der Waals surface area contributed by atoms with Gasteiger partial charge in [0.15, 0.2) is 0 Å². The average Bonchev–Trinajstić information content (AvgIpc) is 2.26. The molecular weight excluding hydrogens is 242 g/mol. The SMILES string of the molecule is O=C(O)Cc1ccc(C=CCS)cc1[N+](=O)[O-]. The molecule has 1 aromatic carbocycles. The molecule has 0 saturated heterocycles. The molecule has 5 nitrogen and oxygen atoms in total. The normalized spacial score (nSPS) is 10.6. The van der Waals surface area contributed by atoms with Crippen molar-refractivity contribution in [3.63, 3.8) is 0 Å². The molecule has 0 aliphatic rings. The summed E-state index contributed by atoms with van der Waals surface area (Å²) >= 11 is 3.98. The van der Waals surface area contributed by atoms with Gasteiger partial charge in [-0.3, -0.25) is 14.9 Å². The van der Waals surface area contributed by atoms with Crippen LogP contribution in [0.15, 0.2) is 24.3 Å². The molecule has 0 fully saturated rings. The number of carbonyl (C=O) groups is 1. The molecule has 0 spiro atoms. The average molecular weight is 253 g/mol. The summed E-state index contributed by atoms with van der Waals surface area (Å²) in [4.78, 5) is 20.8. The molecule has 0 amide bonds. The van der Waals surface area contributed by atoms with E-state index in [1.165, 1.54) is 12.1 Å². The van der Waals surface area contributed by atoms with Crippen molar-refractivity contribution >= 4 is 30.4 Å². The van der Waals surface area contributed by atoms with Crippen LogP contribution in [0.25, 0.3) is 6.08 Å². The van der Waals surface area contributed by atoms with E-state index in [4.69, 9.17) is 5.11 Å². The molecule has 1 aromatic rings. The Hall–Kier alpha value is -1.82. The molecule has 90 valence electrons. The van der Waals surface area contributed by atoms with Crippen LogP contribution in [-0.2, 0) is 11.2 Å². The Morgan fingerprint density at radius 1 is 1.53 bits per heavy atom. The van der Waals surface area contributed by atoms with Crippen molar-refractivity contribution in [3.05, 3.63) is 45.5 Å². The Balaban J connectivity index is 3.12. The summed E-state index contributed by atoms with van der Waals surface area (Å²) in [5, 5.41) is 19.4. The number of nitrogens with zero attached hydrogens (tertiary/aromatic N) is 1. The van der Waals surface area contributed by atoms with Gasteiger partial charge in [-0.05, 0) is 5.56 Å². The van der Waals surface area contributed by atoms with Crippen LogP contribution >= 0.6 is 12.6 Å². The first-order chi connectivity index (χ1) is 8.04. The van der Waals surface area contributed by atoms with Crippen LogP contribution in [0.1, 0.15) is 11.1 Å². The molecule has 1 rings (SSSR count). The van der Waals surface area contributed by atoms with E-state index in [0.29, 0.717) is 11.3 Å². The van der Waals surface area contributed by atoms with Gasteiger partial charge in [-0.15, -0.1) is 0 Å². The van der Waals surface area contributed by atoms with Gasteiger partial charge in [0.25, 0.3) is 5.69 Å². The first-order valence-corrected chi connectivity index (χ1v) is 5.44. The molecule has 0 radical (unpaired) electrons. The smallest absolute Gasteiger partial charge is 0.308 e. The highest BCUT2D eigenvalue weighted by atomic mass is 32.1. The second-order valence-corrected chi connectivity index (χ2v) is 3.67. The van der Waals surface area contributed by atoms with Crippen molar-refractivity contribution in [2.24, 2.45) is 0 Å². The number of hydrogen-bond donors (Lipinski definition) is 2. The number of carboxylic acids is 1. The van der Waals surface area contributed by atoms with Crippen molar-refractivity contribution in [3.8, 4) is 0 Å². The van der Waals surface area contributed by atoms with Crippen molar-refractivity contribution < 1.29 is 14.8 Å². The van der Waals surface area contributed by atoms with E-state index in [1.54, 1.807) is 18.2 Å². The van der Waals surface area contributed by atoms with E-state index < -0.39 is 10.9 Å². The Morgan fingerprint density at radius 3 is 2.76 bits per heavy atom. The van der Waals surface area contributed by atoms with Crippen molar-refractivity contribution in [1.29, 1.82) is 0 Å². The molecule has 17 heavy (non-hydrogen) atoms. The minimum Gasteiger partial charge on any atom is -0.481 e. The minimum atomic E-state index is -1.09. The minimum absolute atomic E-state index is 0.172. The van der Waals surface area contributed by atoms with Crippen molar-refractivity contribution in [2.45, 2.75) is 6.42 Å². The van der Waals surface area contributed by atoms with Crippen LogP contribution in [0.2, 0.25) is 0 Å². The third kappa shape index (κ3) is 3.92. The summed E-state index contributed by atoms with van der Waals surface area (Å²) in [6, 6.07) is 4.47. The molecule has 0 aromatic heterocycles. The number of benzene rings is 1. The topological polar surface area (TPSA) is 80.4 Å². The zero-order valence-corrected chi connectivity index (χ0v) is 9.76. The third-order valence-electron chi connectivity index (χ3n) is 2.06. The molecule has 0 heterocycles. The third-order valence-corrected chi connectivity index (χ3v) is 2.27.